The van der Waals surface area contributed by atoms with Gasteiger partial charge in [-0.25, -0.2) is 0 Å². The first-order valence-electron chi connectivity index (χ1n) is 6.97. The minimum absolute atomic E-state index is 0.108. The number of ether oxygens (including phenoxy) is 1. The molecule has 0 aromatic carbocycles. The van der Waals surface area contributed by atoms with E-state index in [1.54, 1.807) is 0 Å². The normalized spacial score (nSPS) is 41.2. The molecule has 1 heterocycles. The Morgan fingerprint density at radius 3 is 2.89 bits per heavy atom. The molecule has 19 heavy (non-hydrogen) atoms. The predicted octanol–water partition coefficient (Wildman–Crippen LogP) is -0.0605. The Kier molecular flexibility index (Phi) is 3.22. The second kappa shape index (κ2) is 4.76. The highest BCUT2D eigenvalue weighted by Crippen LogP contribution is 2.57. The predicted molar refractivity (Wildman–Crippen MR) is 66.3 cm³/mol. The molecule has 0 aromatic heterocycles. The number of aliphatic carboxylic acids is 1. The average Bonchev–Trinajstić information content (AvgIpc) is 2.99. The van der Waals surface area contributed by atoms with Gasteiger partial charge in [0.2, 0.25) is 5.91 Å². The Labute approximate surface area is 111 Å². The first-order chi connectivity index (χ1) is 9.12. The van der Waals surface area contributed by atoms with Crippen LogP contribution in [0.25, 0.3) is 0 Å². The molecule has 3 fully saturated rings. The van der Waals surface area contributed by atoms with Crippen LogP contribution in [0, 0.1) is 17.3 Å². The highest BCUT2D eigenvalue weighted by molar-refractivity contribution is 5.89. The summed E-state index contributed by atoms with van der Waals surface area (Å²) >= 11 is 0. The van der Waals surface area contributed by atoms with Crippen molar-refractivity contribution in [1.82, 2.24) is 10.6 Å². The van der Waals surface area contributed by atoms with Gasteiger partial charge >= 0.3 is 5.97 Å². The molecule has 4 unspecified atom stereocenters. The number of nitrogens with one attached hydrogen (secondary N) is 2. The summed E-state index contributed by atoms with van der Waals surface area (Å²) in [6.45, 7) is 1.81. The summed E-state index contributed by atoms with van der Waals surface area (Å²) in [6, 6.07) is 0. The number of hydrogen-bond donors (Lipinski definition) is 3. The van der Waals surface area contributed by atoms with Crippen molar-refractivity contribution in [1.29, 1.82) is 0 Å². The lowest BCUT2D eigenvalue weighted by Gasteiger charge is -2.34. The average molecular weight is 268 g/mol. The molecule has 2 bridgehead atoms. The van der Waals surface area contributed by atoms with E-state index in [2.05, 4.69) is 10.6 Å². The fraction of sp³-hybridized carbons (Fsp3) is 0.846. The number of rotatable bonds is 3. The largest absolute Gasteiger partial charge is 0.481 e. The molecule has 0 spiro atoms. The molecular weight excluding hydrogens is 248 g/mol. The zero-order valence-electron chi connectivity index (χ0n) is 10.9. The van der Waals surface area contributed by atoms with Crippen molar-refractivity contribution in [3.63, 3.8) is 0 Å². The van der Waals surface area contributed by atoms with Crippen LogP contribution in [0.1, 0.15) is 25.7 Å². The Bertz CT molecular complexity index is 394. The Morgan fingerprint density at radius 2 is 2.26 bits per heavy atom. The number of carbonyl (C=O) groups excluding carboxylic acids is 1. The minimum Gasteiger partial charge on any atom is -0.481 e. The molecule has 0 aromatic rings. The maximum Gasteiger partial charge on any atom is 0.307 e. The third-order valence-corrected chi connectivity index (χ3v) is 4.86. The van der Waals surface area contributed by atoms with Crippen LogP contribution in [-0.2, 0) is 14.3 Å². The van der Waals surface area contributed by atoms with Crippen molar-refractivity contribution < 1.29 is 19.4 Å². The van der Waals surface area contributed by atoms with Crippen LogP contribution < -0.4 is 10.6 Å². The van der Waals surface area contributed by atoms with Crippen molar-refractivity contribution in [2.24, 2.45) is 17.3 Å². The van der Waals surface area contributed by atoms with Crippen molar-refractivity contribution in [3.8, 4) is 0 Å². The van der Waals surface area contributed by atoms with Crippen LogP contribution in [0.15, 0.2) is 0 Å². The van der Waals surface area contributed by atoms with Crippen LogP contribution in [-0.4, -0.2) is 42.9 Å². The van der Waals surface area contributed by atoms with Gasteiger partial charge in [0.15, 0.2) is 0 Å². The van der Waals surface area contributed by atoms with E-state index in [1.165, 1.54) is 0 Å². The van der Waals surface area contributed by atoms with Crippen LogP contribution >= 0.6 is 0 Å². The van der Waals surface area contributed by atoms with E-state index in [1.807, 2.05) is 0 Å². The zero-order valence-corrected chi connectivity index (χ0v) is 10.9. The van der Waals surface area contributed by atoms with E-state index < -0.39 is 17.3 Å². The summed E-state index contributed by atoms with van der Waals surface area (Å²) in [7, 11) is 0. The van der Waals surface area contributed by atoms with Crippen LogP contribution in [0.5, 0.6) is 0 Å². The number of hydrogen-bond acceptors (Lipinski definition) is 4. The molecule has 1 saturated heterocycles. The zero-order chi connectivity index (χ0) is 13.5. The van der Waals surface area contributed by atoms with Gasteiger partial charge < -0.3 is 15.2 Å². The lowest BCUT2D eigenvalue weighted by molar-refractivity contribution is -0.152. The Morgan fingerprint density at radius 1 is 1.42 bits per heavy atom. The molecule has 6 nitrogen and oxygen atoms in total. The number of amides is 1. The van der Waals surface area contributed by atoms with Crippen LogP contribution in [0.3, 0.4) is 0 Å². The third-order valence-electron chi connectivity index (χ3n) is 4.86. The SMILES string of the molecule is O=C(O)C1CC2CCC1(C(=O)NC1COCCN1)C2. The first kappa shape index (κ1) is 12.9. The molecule has 3 N–H and O–H groups in total. The van der Waals surface area contributed by atoms with Gasteiger partial charge in [0.1, 0.15) is 6.17 Å². The smallest absolute Gasteiger partial charge is 0.307 e. The van der Waals surface area contributed by atoms with E-state index in [0.29, 0.717) is 38.5 Å². The quantitative estimate of drug-likeness (QED) is 0.667. The van der Waals surface area contributed by atoms with E-state index in [9.17, 15) is 14.7 Å². The highest BCUT2D eigenvalue weighted by Gasteiger charge is 2.59. The van der Waals surface area contributed by atoms with Gasteiger partial charge in [-0.15, -0.1) is 0 Å². The van der Waals surface area contributed by atoms with Gasteiger partial charge in [0, 0.05) is 6.54 Å². The molecule has 0 radical (unpaired) electrons. The van der Waals surface area contributed by atoms with Crippen molar-refractivity contribution in [3.05, 3.63) is 0 Å². The second-order valence-electron chi connectivity index (χ2n) is 5.95. The summed E-state index contributed by atoms with van der Waals surface area (Å²) in [5.74, 6) is -1.05. The lowest BCUT2D eigenvalue weighted by Crippen LogP contribution is -2.57. The van der Waals surface area contributed by atoms with E-state index >= 15 is 0 Å². The molecule has 1 aliphatic heterocycles. The summed E-state index contributed by atoms with van der Waals surface area (Å²) in [5.41, 5.74) is -0.685. The highest BCUT2D eigenvalue weighted by atomic mass is 16.5. The van der Waals surface area contributed by atoms with E-state index in [-0.39, 0.29) is 12.1 Å². The monoisotopic (exact) mass is 268 g/mol. The molecule has 2 saturated carbocycles. The standard InChI is InChI=1S/C13H20N2O4/c16-11(17)9-5-8-1-2-13(9,6-8)12(18)15-10-7-19-4-3-14-10/h8-10,14H,1-7H2,(H,15,18)(H,16,17). The third kappa shape index (κ3) is 2.12. The summed E-state index contributed by atoms with van der Waals surface area (Å²) in [6.07, 6.45) is 2.87. The molecule has 3 rings (SSSR count). The van der Waals surface area contributed by atoms with Crippen molar-refractivity contribution in [2.75, 3.05) is 19.8 Å². The summed E-state index contributed by atoms with van der Waals surface area (Å²) in [5, 5.41) is 15.4. The van der Waals surface area contributed by atoms with Crippen LogP contribution in [0.4, 0.5) is 0 Å². The molecule has 4 atom stereocenters. The number of carbonyl (C=O) groups is 2. The second-order valence-corrected chi connectivity index (χ2v) is 5.95. The van der Waals surface area contributed by atoms with Crippen LogP contribution in [0.2, 0.25) is 0 Å². The van der Waals surface area contributed by atoms with E-state index in [4.69, 9.17) is 4.74 Å². The molecule has 3 aliphatic rings. The molecule has 2 aliphatic carbocycles. The number of carboxylic acids is 1. The van der Waals surface area contributed by atoms with Gasteiger partial charge in [-0.2, -0.15) is 0 Å². The number of fused-ring (bicyclic) bond motifs is 2. The van der Waals surface area contributed by atoms with E-state index in [0.717, 1.165) is 12.8 Å². The first-order valence-corrected chi connectivity index (χ1v) is 6.97. The van der Waals surface area contributed by atoms with Gasteiger partial charge in [-0.3, -0.25) is 14.9 Å². The topological polar surface area (TPSA) is 87.7 Å². The number of carboxylic acid groups (broad SMARTS) is 1. The fourth-order valence-corrected chi connectivity index (χ4v) is 3.92. The summed E-state index contributed by atoms with van der Waals surface area (Å²) < 4.78 is 5.30. The molecule has 6 heteroatoms. The maximum absolute atomic E-state index is 12.5. The van der Waals surface area contributed by atoms with Gasteiger partial charge in [0.25, 0.3) is 0 Å². The molecule has 1 amide bonds. The lowest BCUT2D eigenvalue weighted by atomic mass is 9.74. The molecule has 106 valence electrons. The maximum atomic E-state index is 12.5. The van der Waals surface area contributed by atoms with Gasteiger partial charge in [0.05, 0.1) is 24.5 Å². The van der Waals surface area contributed by atoms with Crippen molar-refractivity contribution >= 4 is 11.9 Å². The van der Waals surface area contributed by atoms with Gasteiger partial charge in [-0.05, 0) is 31.6 Å². The summed E-state index contributed by atoms with van der Waals surface area (Å²) in [4.78, 5) is 23.9. The van der Waals surface area contributed by atoms with Crippen molar-refractivity contribution in [2.45, 2.75) is 31.8 Å². The Hall–Kier alpha value is -1.14. The fourth-order valence-electron chi connectivity index (χ4n) is 3.92. The minimum atomic E-state index is -0.829. The van der Waals surface area contributed by atoms with Gasteiger partial charge in [-0.1, -0.05) is 0 Å². The Balaban J connectivity index is 1.71. The molecular formula is C13H20N2O4. The number of morpholine rings is 1.